The van der Waals surface area contributed by atoms with Gasteiger partial charge in [0, 0.05) is 22.2 Å². The second kappa shape index (κ2) is 7.37. The molecule has 4 rings (SSSR count). The van der Waals surface area contributed by atoms with E-state index in [2.05, 4.69) is 17.6 Å². The minimum absolute atomic E-state index is 0.121. The molecule has 6 heteroatoms. The zero-order valence-electron chi connectivity index (χ0n) is 15.4. The predicted octanol–water partition coefficient (Wildman–Crippen LogP) is 4.21. The quantitative estimate of drug-likeness (QED) is 0.848. The molecule has 0 saturated heterocycles. The van der Waals surface area contributed by atoms with E-state index < -0.39 is 0 Å². The van der Waals surface area contributed by atoms with Gasteiger partial charge in [-0.25, -0.2) is 4.99 Å². The molecule has 2 aliphatic rings. The first-order valence-electron chi connectivity index (χ1n) is 9.57. The molecule has 2 aromatic heterocycles. The van der Waals surface area contributed by atoms with E-state index in [1.54, 1.807) is 11.3 Å². The maximum atomic E-state index is 13.5. The van der Waals surface area contributed by atoms with E-state index in [0.717, 1.165) is 46.9 Å². The molecule has 0 bridgehead atoms. The Kier molecular flexibility index (Phi) is 4.96. The molecule has 26 heavy (non-hydrogen) atoms. The average molecular weight is 371 g/mol. The number of aromatic nitrogens is 1. The Morgan fingerprint density at radius 3 is 2.81 bits per heavy atom. The molecule has 1 fully saturated rings. The third-order valence-corrected chi connectivity index (χ3v) is 6.25. The van der Waals surface area contributed by atoms with Gasteiger partial charge in [0.2, 0.25) is 0 Å². The summed E-state index contributed by atoms with van der Waals surface area (Å²) in [4.78, 5) is 19.2. The summed E-state index contributed by atoms with van der Waals surface area (Å²) in [5.41, 5.74) is 2.94. The van der Waals surface area contributed by atoms with E-state index in [1.165, 1.54) is 19.3 Å². The van der Waals surface area contributed by atoms with Crippen molar-refractivity contribution in [1.82, 2.24) is 9.88 Å². The van der Waals surface area contributed by atoms with Gasteiger partial charge in [0.15, 0.2) is 6.29 Å². The average Bonchev–Trinajstić information content (AvgIpc) is 3.17. The van der Waals surface area contributed by atoms with Crippen LogP contribution in [0.15, 0.2) is 33.4 Å². The summed E-state index contributed by atoms with van der Waals surface area (Å²) in [7, 11) is 0. The molecule has 0 aromatic carbocycles. The smallest absolute Gasteiger partial charge is 0.261 e. The number of aliphatic imine (C=N–C) groups is 1. The van der Waals surface area contributed by atoms with Crippen LogP contribution in [0.1, 0.15) is 57.6 Å². The maximum absolute atomic E-state index is 13.5. The van der Waals surface area contributed by atoms with Crippen molar-refractivity contribution in [3.8, 4) is 10.4 Å². The molecule has 1 saturated carbocycles. The van der Waals surface area contributed by atoms with Crippen molar-refractivity contribution in [3.63, 3.8) is 0 Å². The summed E-state index contributed by atoms with van der Waals surface area (Å²) in [5, 5.41) is 8.84. The van der Waals surface area contributed by atoms with Crippen LogP contribution in [0.3, 0.4) is 0 Å². The lowest BCUT2D eigenvalue weighted by Gasteiger charge is -2.32. The Hall–Kier alpha value is -1.92. The summed E-state index contributed by atoms with van der Waals surface area (Å²) in [5.74, 6) is 0.931. The van der Waals surface area contributed by atoms with Gasteiger partial charge in [0.1, 0.15) is 5.82 Å². The highest BCUT2D eigenvalue weighted by atomic mass is 32.1. The molecule has 0 spiro atoms. The number of hydrogen-bond donors (Lipinski definition) is 2. The van der Waals surface area contributed by atoms with Gasteiger partial charge in [-0.3, -0.25) is 14.7 Å². The van der Waals surface area contributed by atoms with Gasteiger partial charge in [-0.1, -0.05) is 32.3 Å². The SMILES string of the molecule is CCNC1N=C(C)c2cc(-c3cccs3)c(=O)n(C3CCCCC3)c2N1. The van der Waals surface area contributed by atoms with E-state index in [4.69, 9.17) is 4.99 Å². The molecule has 0 amide bonds. The molecule has 3 heterocycles. The molecular formula is C20H26N4OS. The minimum atomic E-state index is -0.172. The first-order valence-corrected chi connectivity index (χ1v) is 10.4. The van der Waals surface area contributed by atoms with Crippen LogP contribution >= 0.6 is 11.3 Å². The Balaban J connectivity index is 1.90. The van der Waals surface area contributed by atoms with Gasteiger partial charge >= 0.3 is 0 Å². The van der Waals surface area contributed by atoms with Crippen LogP contribution in [0, 0.1) is 0 Å². The Morgan fingerprint density at radius 1 is 1.31 bits per heavy atom. The highest BCUT2D eigenvalue weighted by Crippen LogP contribution is 2.34. The first-order chi connectivity index (χ1) is 12.7. The molecule has 1 aliphatic carbocycles. The number of hydrogen-bond acceptors (Lipinski definition) is 5. The zero-order chi connectivity index (χ0) is 18.1. The summed E-state index contributed by atoms with van der Waals surface area (Å²) < 4.78 is 2.03. The summed E-state index contributed by atoms with van der Waals surface area (Å²) in [6.07, 6.45) is 5.63. The third-order valence-electron chi connectivity index (χ3n) is 5.34. The van der Waals surface area contributed by atoms with Crippen molar-refractivity contribution in [2.75, 3.05) is 11.9 Å². The van der Waals surface area contributed by atoms with Gasteiger partial charge in [0.25, 0.3) is 5.56 Å². The molecule has 1 atom stereocenters. The number of nitrogens with zero attached hydrogens (tertiary/aromatic N) is 2. The van der Waals surface area contributed by atoms with Crippen LogP contribution in [0.25, 0.3) is 10.4 Å². The number of nitrogens with one attached hydrogen (secondary N) is 2. The van der Waals surface area contributed by atoms with E-state index in [9.17, 15) is 4.79 Å². The predicted molar refractivity (Wildman–Crippen MR) is 109 cm³/mol. The van der Waals surface area contributed by atoms with Crippen molar-refractivity contribution in [2.24, 2.45) is 4.99 Å². The molecule has 1 aliphatic heterocycles. The standard InChI is InChI=1S/C20H26N4OS/c1-3-21-20-22-13(2)15-12-16(17-10-7-11-26-17)19(25)24(18(15)23-20)14-8-5-4-6-9-14/h7,10-12,14,20-21,23H,3-6,8-9H2,1-2H3. The van der Waals surface area contributed by atoms with Crippen LogP contribution in [-0.4, -0.2) is 23.1 Å². The number of anilines is 1. The number of fused-ring (bicyclic) bond motifs is 1. The van der Waals surface area contributed by atoms with Crippen molar-refractivity contribution < 1.29 is 0 Å². The summed E-state index contributed by atoms with van der Waals surface area (Å²) in [6, 6.07) is 6.33. The monoisotopic (exact) mass is 370 g/mol. The summed E-state index contributed by atoms with van der Waals surface area (Å²) in [6.45, 7) is 4.93. The van der Waals surface area contributed by atoms with E-state index in [-0.39, 0.29) is 17.9 Å². The zero-order valence-corrected chi connectivity index (χ0v) is 16.2. The Morgan fingerprint density at radius 2 is 2.12 bits per heavy atom. The molecule has 2 aromatic rings. The van der Waals surface area contributed by atoms with Gasteiger partial charge in [-0.05, 0) is 43.8 Å². The lowest BCUT2D eigenvalue weighted by atomic mass is 9.94. The van der Waals surface area contributed by atoms with E-state index in [0.29, 0.717) is 0 Å². The third kappa shape index (κ3) is 3.12. The number of thiophene rings is 1. The van der Waals surface area contributed by atoms with Gasteiger partial charge in [0.05, 0.1) is 5.56 Å². The molecule has 2 N–H and O–H groups in total. The fourth-order valence-corrected chi connectivity index (χ4v) is 4.80. The minimum Gasteiger partial charge on any atom is -0.337 e. The van der Waals surface area contributed by atoms with Crippen LogP contribution in [-0.2, 0) is 0 Å². The fourth-order valence-electron chi connectivity index (χ4n) is 4.07. The van der Waals surface area contributed by atoms with Crippen LogP contribution in [0.5, 0.6) is 0 Å². The normalized spacial score (nSPS) is 20.4. The van der Waals surface area contributed by atoms with Crippen LogP contribution in [0.2, 0.25) is 0 Å². The molecule has 138 valence electrons. The van der Waals surface area contributed by atoms with E-state index >= 15 is 0 Å². The molecule has 1 unspecified atom stereocenters. The van der Waals surface area contributed by atoms with E-state index in [1.807, 2.05) is 35.1 Å². The summed E-state index contributed by atoms with van der Waals surface area (Å²) >= 11 is 1.62. The molecular weight excluding hydrogens is 344 g/mol. The van der Waals surface area contributed by atoms with Crippen molar-refractivity contribution in [3.05, 3.63) is 39.5 Å². The van der Waals surface area contributed by atoms with Gasteiger partial charge < -0.3 is 5.32 Å². The lowest BCUT2D eigenvalue weighted by Crippen LogP contribution is -2.42. The second-order valence-corrected chi connectivity index (χ2v) is 8.03. The number of pyridine rings is 1. The fraction of sp³-hybridized carbons (Fsp3) is 0.500. The Labute approximate surface area is 158 Å². The number of rotatable bonds is 4. The van der Waals surface area contributed by atoms with Crippen LogP contribution in [0.4, 0.5) is 5.82 Å². The van der Waals surface area contributed by atoms with Crippen molar-refractivity contribution >= 4 is 22.9 Å². The first kappa shape index (κ1) is 17.5. The highest BCUT2D eigenvalue weighted by molar-refractivity contribution is 7.13. The lowest BCUT2D eigenvalue weighted by molar-refractivity contribution is 0.348. The topological polar surface area (TPSA) is 58.4 Å². The Bertz CT molecular complexity index is 863. The van der Waals surface area contributed by atoms with Gasteiger partial charge in [-0.15, -0.1) is 11.3 Å². The highest BCUT2D eigenvalue weighted by Gasteiger charge is 2.28. The van der Waals surface area contributed by atoms with Crippen LogP contribution < -0.4 is 16.2 Å². The molecule has 0 radical (unpaired) electrons. The molecule has 5 nitrogen and oxygen atoms in total. The van der Waals surface area contributed by atoms with Crippen molar-refractivity contribution in [1.29, 1.82) is 0 Å². The van der Waals surface area contributed by atoms with Gasteiger partial charge in [-0.2, -0.15) is 0 Å². The maximum Gasteiger partial charge on any atom is 0.261 e. The van der Waals surface area contributed by atoms with Crippen molar-refractivity contribution in [2.45, 2.75) is 58.3 Å². The largest absolute Gasteiger partial charge is 0.337 e. The second-order valence-electron chi connectivity index (χ2n) is 7.08.